The third-order valence-electron chi connectivity index (χ3n) is 2.84. The van der Waals surface area contributed by atoms with Gasteiger partial charge in [0.25, 0.3) is 0 Å². The molecule has 0 aliphatic carbocycles. The van der Waals surface area contributed by atoms with Gasteiger partial charge in [0.2, 0.25) is 0 Å². The zero-order chi connectivity index (χ0) is 16.7. The fourth-order valence-electron chi connectivity index (χ4n) is 1.68. The molecule has 0 aliphatic rings. The van der Waals surface area contributed by atoms with Crippen LogP contribution < -0.4 is 11.2 Å². The van der Waals surface area contributed by atoms with Crippen LogP contribution in [0.2, 0.25) is 0 Å². The molecule has 0 saturated carbocycles. The quantitative estimate of drug-likeness (QED) is 0.485. The van der Waals surface area contributed by atoms with Crippen molar-refractivity contribution in [1.29, 1.82) is 0 Å². The monoisotopic (exact) mass is 500 g/mol. The van der Waals surface area contributed by atoms with Crippen LogP contribution in [0.3, 0.4) is 0 Å². The summed E-state index contributed by atoms with van der Waals surface area (Å²) in [6, 6.07) is 15.9. The van der Waals surface area contributed by atoms with Gasteiger partial charge in [0.1, 0.15) is 0 Å². The summed E-state index contributed by atoms with van der Waals surface area (Å²) in [7, 11) is 0. The topological polar surface area (TPSA) is 55.9 Å². The number of halogens is 3. The van der Waals surface area contributed by atoms with Crippen LogP contribution >= 0.6 is 47.8 Å². The summed E-state index contributed by atoms with van der Waals surface area (Å²) < 4.78 is 2.79. The SMILES string of the molecule is Nc1c(Br)cc(Br)cc1Br.c1ccc(CNn2cccn2)cc1. The van der Waals surface area contributed by atoms with E-state index in [-0.39, 0.29) is 0 Å². The maximum Gasteiger partial charge on any atom is 0.0603 e. The van der Waals surface area contributed by atoms with Crippen LogP contribution in [-0.2, 0) is 6.54 Å². The Balaban J connectivity index is 0.000000174. The number of nitrogens with zero attached hydrogens (tertiary/aromatic N) is 2. The van der Waals surface area contributed by atoms with E-state index in [1.165, 1.54) is 5.56 Å². The van der Waals surface area contributed by atoms with Gasteiger partial charge in [-0.05, 0) is 55.6 Å². The third-order valence-corrected chi connectivity index (χ3v) is 4.61. The van der Waals surface area contributed by atoms with Crippen LogP contribution in [0.5, 0.6) is 0 Å². The lowest BCUT2D eigenvalue weighted by molar-refractivity contribution is 0.731. The summed E-state index contributed by atoms with van der Waals surface area (Å²) in [5.74, 6) is 0. The minimum Gasteiger partial charge on any atom is -0.397 e. The molecule has 1 aromatic heterocycles. The van der Waals surface area contributed by atoms with Crippen molar-refractivity contribution < 1.29 is 0 Å². The number of benzene rings is 2. The number of nitrogens with two attached hydrogens (primary N) is 1. The van der Waals surface area contributed by atoms with Gasteiger partial charge in [-0.3, -0.25) is 0 Å². The van der Waals surface area contributed by atoms with Gasteiger partial charge in [-0.2, -0.15) is 9.89 Å². The average Bonchev–Trinajstić information content (AvgIpc) is 3.06. The molecule has 0 unspecified atom stereocenters. The van der Waals surface area contributed by atoms with Gasteiger partial charge < -0.3 is 11.2 Å². The average molecular weight is 503 g/mol. The van der Waals surface area contributed by atoms with E-state index in [9.17, 15) is 0 Å². The second-order valence-corrected chi connectivity index (χ2v) is 7.18. The van der Waals surface area contributed by atoms with Crippen LogP contribution in [0, 0.1) is 0 Å². The number of nitrogens with one attached hydrogen (secondary N) is 1. The number of hydrogen-bond acceptors (Lipinski definition) is 3. The highest BCUT2D eigenvalue weighted by molar-refractivity contribution is 9.11. The zero-order valence-corrected chi connectivity index (χ0v) is 16.8. The van der Waals surface area contributed by atoms with E-state index >= 15 is 0 Å². The van der Waals surface area contributed by atoms with Crippen molar-refractivity contribution in [3.8, 4) is 0 Å². The maximum atomic E-state index is 5.64. The number of rotatable bonds is 3. The lowest BCUT2D eigenvalue weighted by Crippen LogP contribution is -2.14. The minimum atomic E-state index is 0.725. The van der Waals surface area contributed by atoms with Crippen LogP contribution in [-0.4, -0.2) is 9.89 Å². The molecular formula is C16H15Br3N4. The van der Waals surface area contributed by atoms with E-state index in [0.717, 1.165) is 25.7 Å². The largest absolute Gasteiger partial charge is 0.397 e. The molecule has 0 amide bonds. The Bertz CT molecular complexity index is 707. The highest BCUT2D eigenvalue weighted by Gasteiger charge is 2.00. The molecule has 0 atom stereocenters. The summed E-state index contributed by atoms with van der Waals surface area (Å²) in [5, 5.41) is 4.04. The molecule has 3 rings (SSSR count). The van der Waals surface area contributed by atoms with E-state index in [1.54, 1.807) is 11.0 Å². The lowest BCUT2D eigenvalue weighted by atomic mass is 10.2. The van der Waals surface area contributed by atoms with E-state index in [4.69, 9.17) is 5.73 Å². The fourth-order valence-corrected chi connectivity index (χ4v) is 3.94. The van der Waals surface area contributed by atoms with Crippen molar-refractivity contribution in [2.75, 3.05) is 11.2 Å². The van der Waals surface area contributed by atoms with Gasteiger partial charge in [0, 0.05) is 19.6 Å². The number of nitrogen functional groups attached to an aromatic ring is 1. The number of anilines is 1. The second-order valence-electron chi connectivity index (χ2n) is 4.55. The molecule has 0 spiro atoms. The van der Waals surface area contributed by atoms with E-state index < -0.39 is 0 Å². The molecule has 0 saturated heterocycles. The Labute approximate surface area is 160 Å². The van der Waals surface area contributed by atoms with Crippen LogP contribution in [0.1, 0.15) is 5.56 Å². The van der Waals surface area contributed by atoms with Crippen molar-refractivity contribution in [1.82, 2.24) is 9.89 Å². The van der Waals surface area contributed by atoms with Gasteiger partial charge >= 0.3 is 0 Å². The first-order valence-corrected chi connectivity index (χ1v) is 9.11. The van der Waals surface area contributed by atoms with Crippen molar-refractivity contribution in [3.63, 3.8) is 0 Å². The minimum absolute atomic E-state index is 0.725. The normalized spacial score (nSPS) is 9.87. The molecular weight excluding hydrogens is 488 g/mol. The van der Waals surface area contributed by atoms with Gasteiger partial charge in [-0.25, -0.2) is 0 Å². The summed E-state index contributed by atoms with van der Waals surface area (Å²) in [5.41, 5.74) is 10.8. The van der Waals surface area contributed by atoms with Gasteiger partial charge in [-0.15, -0.1) is 0 Å². The highest BCUT2D eigenvalue weighted by atomic mass is 79.9. The van der Waals surface area contributed by atoms with Crippen LogP contribution in [0.25, 0.3) is 0 Å². The van der Waals surface area contributed by atoms with E-state index in [1.807, 2.05) is 42.6 Å². The first-order valence-electron chi connectivity index (χ1n) is 6.73. The number of hydrogen-bond donors (Lipinski definition) is 2. The first kappa shape index (κ1) is 18.0. The van der Waals surface area contributed by atoms with Crippen LogP contribution in [0.15, 0.2) is 74.3 Å². The van der Waals surface area contributed by atoms with E-state index in [0.29, 0.717) is 0 Å². The molecule has 7 heteroatoms. The summed E-state index contributed by atoms with van der Waals surface area (Å²) in [4.78, 5) is 1.70. The zero-order valence-electron chi connectivity index (χ0n) is 12.1. The van der Waals surface area contributed by atoms with Crippen LogP contribution in [0.4, 0.5) is 5.69 Å². The van der Waals surface area contributed by atoms with Gasteiger partial charge in [0.05, 0.1) is 18.4 Å². The second kappa shape index (κ2) is 9.10. The predicted octanol–water partition coefficient (Wildman–Crippen LogP) is 5.18. The Morgan fingerprint density at radius 1 is 1.00 bits per heavy atom. The van der Waals surface area contributed by atoms with Crippen molar-refractivity contribution >= 4 is 53.5 Å². The summed E-state index contributed by atoms with van der Waals surface area (Å²) in [6.45, 7) is 0.794. The molecule has 0 aliphatic heterocycles. The Kier molecular flexibility index (Phi) is 7.14. The fraction of sp³-hybridized carbons (Fsp3) is 0.0625. The van der Waals surface area contributed by atoms with Crippen molar-refractivity contribution in [2.24, 2.45) is 0 Å². The Morgan fingerprint density at radius 3 is 2.22 bits per heavy atom. The molecule has 1 heterocycles. The van der Waals surface area contributed by atoms with Crippen molar-refractivity contribution in [3.05, 3.63) is 79.9 Å². The molecule has 0 fully saturated rings. The first-order chi connectivity index (χ1) is 11.1. The lowest BCUT2D eigenvalue weighted by Gasteiger charge is -2.04. The van der Waals surface area contributed by atoms with Gasteiger partial charge in [0.15, 0.2) is 0 Å². The maximum absolute atomic E-state index is 5.64. The summed E-state index contributed by atoms with van der Waals surface area (Å²) in [6.07, 6.45) is 3.63. The summed E-state index contributed by atoms with van der Waals surface area (Å²) >= 11 is 9.96. The smallest absolute Gasteiger partial charge is 0.0603 e. The molecule has 0 bridgehead atoms. The predicted molar refractivity (Wildman–Crippen MR) is 106 cm³/mol. The Morgan fingerprint density at radius 2 is 1.65 bits per heavy atom. The molecule has 4 nitrogen and oxygen atoms in total. The molecule has 23 heavy (non-hydrogen) atoms. The Hall–Kier alpha value is -1.31. The molecule has 2 aromatic carbocycles. The molecule has 120 valence electrons. The molecule has 3 aromatic rings. The third kappa shape index (κ3) is 6.01. The van der Waals surface area contributed by atoms with Crippen molar-refractivity contribution in [2.45, 2.75) is 6.54 Å². The van der Waals surface area contributed by atoms with Gasteiger partial charge in [-0.1, -0.05) is 46.3 Å². The number of aromatic nitrogens is 2. The molecule has 3 N–H and O–H groups in total. The standard InChI is InChI=1S/C10H11N3.C6H4Br3N/c1-2-5-10(6-3-1)9-12-13-8-4-7-11-13;7-3-1-4(8)6(10)5(9)2-3/h1-8,12H,9H2;1-2H,10H2. The van der Waals surface area contributed by atoms with E-state index in [2.05, 4.69) is 70.4 Å². The molecule has 0 radical (unpaired) electrons. The highest BCUT2D eigenvalue weighted by Crippen LogP contribution is 2.31.